The van der Waals surface area contributed by atoms with Gasteiger partial charge in [0.1, 0.15) is 0 Å². The zero-order valence-electron chi connectivity index (χ0n) is 10.6. The molecule has 1 aliphatic heterocycles. The fourth-order valence-corrected chi connectivity index (χ4v) is 2.21. The Labute approximate surface area is 101 Å². The summed E-state index contributed by atoms with van der Waals surface area (Å²) in [5, 5.41) is 3.74. The summed E-state index contributed by atoms with van der Waals surface area (Å²) >= 11 is 0. The third kappa shape index (κ3) is 2.66. The van der Waals surface area contributed by atoms with Crippen LogP contribution in [0.5, 0.6) is 0 Å². The smallest absolute Gasteiger partial charge is 0.292 e. The quantitative estimate of drug-likeness (QED) is 0.774. The molecule has 0 spiro atoms. The number of piperidine rings is 1. The summed E-state index contributed by atoms with van der Waals surface area (Å²) in [5.74, 6) is 0.314. The second kappa shape index (κ2) is 4.87. The minimum atomic E-state index is -0.0391. The van der Waals surface area contributed by atoms with E-state index in [4.69, 9.17) is 4.52 Å². The zero-order valence-corrected chi connectivity index (χ0v) is 10.6. The summed E-state index contributed by atoms with van der Waals surface area (Å²) in [7, 11) is 4.17. The van der Waals surface area contributed by atoms with Crippen LogP contribution in [0.4, 0.5) is 0 Å². The van der Waals surface area contributed by atoms with Gasteiger partial charge in [-0.15, -0.1) is 0 Å². The highest BCUT2D eigenvalue weighted by Crippen LogP contribution is 2.16. The number of amides is 1. The standard InChI is InChI=1S/C12H19N3O2/c1-9-8-11(17-13-9)12(16)15-6-4-10(5-7-15)14(2)3/h8,10H,4-7H2,1-3H3. The van der Waals surface area contributed by atoms with Crippen LogP contribution in [-0.2, 0) is 0 Å². The molecule has 1 aromatic rings. The van der Waals surface area contributed by atoms with Gasteiger partial charge in [0.05, 0.1) is 5.69 Å². The van der Waals surface area contributed by atoms with Crippen molar-refractivity contribution in [2.75, 3.05) is 27.2 Å². The molecule has 0 N–H and O–H groups in total. The van der Waals surface area contributed by atoms with Crippen LogP contribution < -0.4 is 0 Å². The van der Waals surface area contributed by atoms with Crippen molar-refractivity contribution in [2.45, 2.75) is 25.8 Å². The van der Waals surface area contributed by atoms with Gasteiger partial charge in [-0.1, -0.05) is 5.16 Å². The Morgan fingerprint density at radius 1 is 1.47 bits per heavy atom. The molecule has 0 radical (unpaired) electrons. The molecular formula is C12H19N3O2. The van der Waals surface area contributed by atoms with Crippen molar-refractivity contribution in [1.29, 1.82) is 0 Å². The van der Waals surface area contributed by atoms with Gasteiger partial charge in [-0.3, -0.25) is 4.79 Å². The summed E-state index contributed by atoms with van der Waals surface area (Å²) in [6.45, 7) is 3.40. The van der Waals surface area contributed by atoms with E-state index in [-0.39, 0.29) is 5.91 Å². The van der Waals surface area contributed by atoms with Gasteiger partial charge in [0.25, 0.3) is 5.91 Å². The Bertz CT molecular complexity index is 392. The monoisotopic (exact) mass is 237 g/mol. The summed E-state index contributed by atoms with van der Waals surface area (Å²) < 4.78 is 5.00. The highest BCUT2D eigenvalue weighted by molar-refractivity contribution is 5.91. The first-order valence-corrected chi connectivity index (χ1v) is 5.97. The van der Waals surface area contributed by atoms with E-state index >= 15 is 0 Å². The number of hydrogen-bond donors (Lipinski definition) is 0. The topological polar surface area (TPSA) is 49.6 Å². The lowest BCUT2D eigenvalue weighted by molar-refractivity contribution is 0.0622. The van der Waals surface area contributed by atoms with Crippen molar-refractivity contribution in [2.24, 2.45) is 0 Å². The van der Waals surface area contributed by atoms with Gasteiger partial charge in [0.15, 0.2) is 0 Å². The fourth-order valence-electron chi connectivity index (χ4n) is 2.21. The number of likely N-dealkylation sites (tertiary alicyclic amines) is 1. The molecule has 1 saturated heterocycles. The molecular weight excluding hydrogens is 218 g/mol. The van der Waals surface area contributed by atoms with E-state index < -0.39 is 0 Å². The van der Waals surface area contributed by atoms with Crippen LogP contribution in [0.1, 0.15) is 29.1 Å². The lowest BCUT2D eigenvalue weighted by atomic mass is 10.0. The van der Waals surface area contributed by atoms with Gasteiger partial charge in [0, 0.05) is 25.2 Å². The van der Waals surface area contributed by atoms with Crippen LogP contribution >= 0.6 is 0 Å². The third-order valence-corrected chi connectivity index (χ3v) is 3.32. The molecule has 0 atom stereocenters. The Hall–Kier alpha value is -1.36. The SMILES string of the molecule is Cc1cc(C(=O)N2CCC(N(C)C)CC2)on1. The maximum Gasteiger partial charge on any atom is 0.292 e. The predicted molar refractivity (Wildman–Crippen MR) is 63.9 cm³/mol. The average Bonchev–Trinajstić information content (AvgIpc) is 2.75. The summed E-state index contributed by atoms with van der Waals surface area (Å²) in [5.41, 5.74) is 0.747. The highest BCUT2D eigenvalue weighted by atomic mass is 16.5. The zero-order chi connectivity index (χ0) is 12.4. The van der Waals surface area contributed by atoms with Crippen molar-refractivity contribution in [1.82, 2.24) is 15.0 Å². The number of aromatic nitrogens is 1. The first-order valence-electron chi connectivity index (χ1n) is 5.97. The molecule has 0 saturated carbocycles. The largest absolute Gasteiger partial charge is 0.351 e. The molecule has 5 heteroatoms. The van der Waals surface area contributed by atoms with Gasteiger partial charge in [-0.05, 0) is 33.9 Å². The van der Waals surface area contributed by atoms with E-state index in [1.54, 1.807) is 6.07 Å². The number of carbonyl (C=O) groups is 1. The number of carbonyl (C=O) groups excluding carboxylic acids is 1. The maximum atomic E-state index is 12.1. The van der Waals surface area contributed by atoms with Gasteiger partial charge >= 0.3 is 0 Å². The molecule has 94 valence electrons. The van der Waals surface area contributed by atoms with E-state index in [1.165, 1.54) is 0 Å². The van der Waals surface area contributed by atoms with Crippen LogP contribution in [-0.4, -0.2) is 54.1 Å². The first-order chi connectivity index (χ1) is 8.08. The van der Waals surface area contributed by atoms with E-state index in [2.05, 4.69) is 24.2 Å². The fraction of sp³-hybridized carbons (Fsp3) is 0.667. The molecule has 1 aromatic heterocycles. The number of nitrogens with zero attached hydrogens (tertiary/aromatic N) is 3. The maximum absolute atomic E-state index is 12.1. The van der Waals surface area contributed by atoms with Gasteiger partial charge in [0.2, 0.25) is 5.76 Å². The van der Waals surface area contributed by atoms with Crippen LogP contribution in [0.3, 0.4) is 0 Å². The van der Waals surface area contributed by atoms with Crippen molar-refractivity contribution >= 4 is 5.91 Å². The van der Waals surface area contributed by atoms with Crippen LogP contribution in [0.15, 0.2) is 10.6 Å². The van der Waals surface area contributed by atoms with Gasteiger partial charge < -0.3 is 14.3 Å². The minimum absolute atomic E-state index is 0.0391. The second-order valence-electron chi connectivity index (χ2n) is 4.82. The van der Waals surface area contributed by atoms with Crippen molar-refractivity contribution < 1.29 is 9.32 Å². The first kappa shape index (κ1) is 12.1. The lowest BCUT2D eigenvalue weighted by Gasteiger charge is -2.34. The van der Waals surface area contributed by atoms with Crippen molar-refractivity contribution in [3.63, 3.8) is 0 Å². The normalized spacial score (nSPS) is 17.8. The molecule has 17 heavy (non-hydrogen) atoms. The Kier molecular flexibility index (Phi) is 3.47. The molecule has 5 nitrogen and oxygen atoms in total. The van der Waals surface area contributed by atoms with E-state index in [0.29, 0.717) is 11.8 Å². The van der Waals surface area contributed by atoms with Gasteiger partial charge in [-0.25, -0.2) is 0 Å². The van der Waals surface area contributed by atoms with Crippen LogP contribution in [0.25, 0.3) is 0 Å². The number of rotatable bonds is 2. The molecule has 1 aliphatic rings. The molecule has 0 unspecified atom stereocenters. The molecule has 2 rings (SSSR count). The number of hydrogen-bond acceptors (Lipinski definition) is 4. The Morgan fingerprint density at radius 2 is 2.12 bits per heavy atom. The molecule has 0 aromatic carbocycles. The molecule has 0 bridgehead atoms. The third-order valence-electron chi connectivity index (χ3n) is 3.32. The number of aryl methyl sites for hydroxylation is 1. The van der Waals surface area contributed by atoms with E-state index in [1.807, 2.05) is 11.8 Å². The predicted octanol–water partition coefficient (Wildman–Crippen LogP) is 1.15. The Morgan fingerprint density at radius 3 is 2.59 bits per heavy atom. The van der Waals surface area contributed by atoms with E-state index in [9.17, 15) is 4.79 Å². The summed E-state index contributed by atoms with van der Waals surface area (Å²) in [6.07, 6.45) is 2.04. The highest BCUT2D eigenvalue weighted by Gasteiger charge is 2.26. The lowest BCUT2D eigenvalue weighted by Crippen LogP contribution is -2.44. The molecule has 0 aliphatic carbocycles. The average molecular weight is 237 g/mol. The second-order valence-corrected chi connectivity index (χ2v) is 4.82. The van der Waals surface area contributed by atoms with E-state index in [0.717, 1.165) is 31.6 Å². The molecule has 2 heterocycles. The van der Waals surface area contributed by atoms with Crippen LogP contribution in [0.2, 0.25) is 0 Å². The molecule has 1 fully saturated rings. The van der Waals surface area contributed by atoms with Crippen molar-refractivity contribution in [3.05, 3.63) is 17.5 Å². The van der Waals surface area contributed by atoms with Crippen molar-refractivity contribution in [3.8, 4) is 0 Å². The molecule has 1 amide bonds. The summed E-state index contributed by atoms with van der Waals surface area (Å²) in [6, 6.07) is 2.27. The summed E-state index contributed by atoms with van der Waals surface area (Å²) in [4.78, 5) is 16.1. The Balaban J connectivity index is 1.95. The minimum Gasteiger partial charge on any atom is -0.351 e. The van der Waals surface area contributed by atoms with Crippen LogP contribution in [0, 0.1) is 6.92 Å². The van der Waals surface area contributed by atoms with Gasteiger partial charge in [-0.2, -0.15) is 0 Å².